The molecule has 1 fully saturated rings. The van der Waals surface area contributed by atoms with E-state index in [0.29, 0.717) is 16.9 Å². The molecule has 1 aromatic heterocycles. The summed E-state index contributed by atoms with van der Waals surface area (Å²) in [5.41, 5.74) is 1.60. The summed E-state index contributed by atoms with van der Waals surface area (Å²) < 4.78 is 12.9. The van der Waals surface area contributed by atoms with Gasteiger partial charge >= 0.3 is 0 Å². The molecule has 0 bridgehead atoms. The van der Waals surface area contributed by atoms with Crippen LogP contribution >= 0.6 is 0 Å². The second kappa shape index (κ2) is 6.83. The van der Waals surface area contributed by atoms with E-state index in [2.05, 4.69) is 20.6 Å². The van der Waals surface area contributed by atoms with Crippen molar-refractivity contribution in [1.82, 2.24) is 15.3 Å². The molecule has 0 unspecified atom stereocenters. The maximum Gasteiger partial charge on any atom is 0.259 e. The van der Waals surface area contributed by atoms with Crippen LogP contribution in [0.5, 0.6) is 0 Å². The summed E-state index contributed by atoms with van der Waals surface area (Å²) in [6.07, 6.45) is 4.91. The highest BCUT2D eigenvalue weighted by Crippen LogP contribution is 2.21. The quantitative estimate of drug-likeness (QED) is 0.914. The predicted octanol–water partition coefficient (Wildman–Crippen LogP) is 2.99. The van der Waals surface area contributed by atoms with Gasteiger partial charge in [0, 0.05) is 11.9 Å². The molecule has 1 amide bonds. The summed E-state index contributed by atoms with van der Waals surface area (Å²) in [4.78, 5) is 21.1. The van der Waals surface area contributed by atoms with Crippen LogP contribution in [0.25, 0.3) is 0 Å². The topological polar surface area (TPSA) is 66.9 Å². The highest BCUT2D eigenvalue weighted by atomic mass is 19.1. The van der Waals surface area contributed by atoms with Gasteiger partial charge in [0.25, 0.3) is 5.91 Å². The minimum atomic E-state index is -0.341. The summed E-state index contributed by atoms with van der Waals surface area (Å²) in [6.45, 7) is 2.77. The van der Waals surface area contributed by atoms with E-state index in [4.69, 9.17) is 0 Å². The Balaban J connectivity index is 1.74. The minimum Gasteiger partial charge on any atom is -0.322 e. The molecular weight excluding hydrogens is 295 g/mol. The first-order valence-corrected chi connectivity index (χ1v) is 7.77. The SMILES string of the molecule is Cc1nc([C@@H]2CCCCN2)ncc1C(=O)Nc1ccc(F)cc1. The monoisotopic (exact) mass is 314 g/mol. The van der Waals surface area contributed by atoms with Gasteiger partial charge < -0.3 is 10.6 Å². The average molecular weight is 314 g/mol. The summed E-state index contributed by atoms with van der Waals surface area (Å²) in [5.74, 6) is 0.102. The Morgan fingerprint density at radius 1 is 1.30 bits per heavy atom. The molecule has 0 radical (unpaired) electrons. The standard InChI is InChI=1S/C17H19FN4O/c1-11-14(17(23)22-13-7-5-12(18)6-8-13)10-20-16(21-11)15-4-2-3-9-19-15/h5-8,10,15,19H,2-4,9H2,1H3,(H,22,23)/t15-/m0/s1. The van der Waals surface area contributed by atoms with Crippen LogP contribution in [0.1, 0.15) is 47.2 Å². The highest BCUT2D eigenvalue weighted by Gasteiger charge is 2.19. The van der Waals surface area contributed by atoms with Crippen LogP contribution in [-0.2, 0) is 0 Å². The van der Waals surface area contributed by atoms with Crippen molar-refractivity contribution in [2.75, 3.05) is 11.9 Å². The van der Waals surface area contributed by atoms with Gasteiger partial charge in [0.05, 0.1) is 17.3 Å². The molecule has 5 nitrogen and oxygen atoms in total. The third-order valence-corrected chi connectivity index (χ3v) is 3.97. The van der Waals surface area contributed by atoms with Gasteiger partial charge in [-0.25, -0.2) is 14.4 Å². The van der Waals surface area contributed by atoms with E-state index >= 15 is 0 Å². The lowest BCUT2D eigenvalue weighted by molar-refractivity contribution is 0.102. The van der Waals surface area contributed by atoms with E-state index in [1.807, 2.05) is 0 Å². The molecule has 1 saturated heterocycles. The number of amides is 1. The van der Waals surface area contributed by atoms with Crippen molar-refractivity contribution in [3.05, 3.63) is 53.4 Å². The molecule has 0 aliphatic carbocycles. The second-order valence-electron chi connectivity index (χ2n) is 5.69. The Morgan fingerprint density at radius 2 is 2.09 bits per heavy atom. The third kappa shape index (κ3) is 3.71. The van der Waals surface area contributed by atoms with E-state index in [-0.39, 0.29) is 17.8 Å². The van der Waals surface area contributed by atoms with Crippen molar-refractivity contribution >= 4 is 11.6 Å². The van der Waals surface area contributed by atoms with Crippen molar-refractivity contribution in [3.63, 3.8) is 0 Å². The number of carbonyl (C=O) groups is 1. The maximum atomic E-state index is 12.9. The van der Waals surface area contributed by atoms with Gasteiger partial charge in [-0.05, 0) is 50.6 Å². The number of nitrogens with one attached hydrogen (secondary N) is 2. The fourth-order valence-corrected chi connectivity index (χ4v) is 2.68. The molecule has 1 aromatic carbocycles. The molecule has 2 heterocycles. The molecule has 1 atom stereocenters. The zero-order valence-electron chi connectivity index (χ0n) is 13.0. The number of nitrogens with zero attached hydrogens (tertiary/aromatic N) is 2. The van der Waals surface area contributed by atoms with Crippen LogP contribution in [0.3, 0.4) is 0 Å². The van der Waals surface area contributed by atoms with E-state index < -0.39 is 0 Å². The lowest BCUT2D eigenvalue weighted by Gasteiger charge is -2.22. The lowest BCUT2D eigenvalue weighted by Crippen LogP contribution is -2.29. The number of hydrogen-bond acceptors (Lipinski definition) is 4. The molecule has 1 aliphatic rings. The summed E-state index contributed by atoms with van der Waals surface area (Å²) in [7, 11) is 0. The normalized spacial score (nSPS) is 17.7. The fraction of sp³-hybridized carbons (Fsp3) is 0.353. The number of rotatable bonds is 3. The van der Waals surface area contributed by atoms with Crippen LogP contribution in [-0.4, -0.2) is 22.4 Å². The first-order valence-electron chi connectivity index (χ1n) is 7.77. The Hall–Kier alpha value is -2.34. The molecular formula is C17H19FN4O. The van der Waals surface area contributed by atoms with Crippen molar-refractivity contribution in [2.45, 2.75) is 32.2 Å². The first-order chi connectivity index (χ1) is 11.1. The molecule has 120 valence electrons. The van der Waals surface area contributed by atoms with E-state index in [0.717, 1.165) is 25.2 Å². The number of aryl methyl sites for hydroxylation is 1. The Kier molecular flexibility index (Phi) is 4.62. The molecule has 6 heteroatoms. The van der Waals surface area contributed by atoms with Gasteiger partial charge in [-0.3, -0.25) is 4.79 Å². The zero-order valence-corrected chi connectivity index (χ0v) is 13.0. The molecule has 1 aliphatic heterocycles. The number of piperidine rings is 1. The van der Waals surface area contributed by atoms with Crippen molar-refractivity contribution in [3.8, 4) is 0 Å². The molecule has 0 saturated carbocycles. The number of hydrogen-bond donors (Lipinski definition) is 2. The summed E-state index contributed by atoms with van der Waals surface area (Å²) >= 11 is 0. The summed E-state index contributed by atoms with van der Waals surface area (Å²) in [6, 6.07) is 5.80. The molecule has 0 spiro atoms. The molecule has 23 heavy (non-hydrogen) atoms. The smallest absolute Gasteiger partial charge is 0.259 e. The van der Waals surface area contributed by atoms with Crippen molar-refractivity contribution in [2.24, 2.45) is 0 Å². The van der Waals surface area contributed by atoms with E-state index in [1.54, 1.807) is 13.1 Å². The predicted molar refractivity (Wildman–Crippen MR) is 85.7 cm³/mol. The Bertz CT molecular complexity index is 696. The number of halogens is 1. The zero-order chi connectivity index (χ0) is 16.2. The van der Waals surface area contributed by atoms with E-state index in [1.165, 1.54) is 30.7 Å². The van der Waals surface area contributed by atoms with Gasteiger partial charge in [-0.2, -0.15) is 0 Å². The Morgan fingerprint density at radius 3 is 2.74 bits per heavy atom. The average Bonchev–Trinajstić information content (AvgIpc) is 2.57. The fourth-order valence-electron chi connectivity index (χ4n) is 2.68. The van der Waals surface area contributed by atoms with Gasteiger partial charge in [-0.1, -0.05) is 6.42 Å². The molecule has 2 N–H and O–H groups in total. The number of anilines is 1. The molecule has 2 aromatic rings. The van der Waals surface area contributed by atoms with Crippen LogP contribution in [0.2, 0.25) is 0 Å². The van der Waals surface area contributed by atoms with Crippen LogP contribution in [0.4, 0.5) is 10.1 Å². The maximum absolute atomic E-state index is 12.9. The molecule has 3 rings (SSSR count). The van der Waals surface area contributed by atoms with E-state index in [9.17, 15) is 9.18 Å². The van der Waals surface area contributed by atoms with Gasteiger partial charge in [-0.15, -0.1) is 0 Å². The van der Waals surface area contributed by atoms with Crippen LogP contribution in [0.15, 0.2) is 30.5 Å². The van der Waals surface area contributed by atoms with Gasteiger partial charge in [0.1, 0.15) is 11.6 Å². The van der Waals surface area contributed by atoms with Gasteiger partial charge in [0.15, 0.2) is 0 Å². The van der Waals surface area contributed by atoms with Crippen molar-refractivity contribution < 1.29 is 9.18 Å². The van der Waals surface area contributed by atoms with Gasteiger partial charge in [0.2, 0.25) is 0 Å². The Labute approximate surface area is 134 Å². The minimum absolute atomic E-state index is 0.164. The number of benzene rings is 1. The first kappa shape index (κ1) is 15.6. The second-order valence-corrected chi connectivity index (χ2v) is 5.69. The van der Waals surface area contributed by atoms with Crippen LogP contribution in [0, 0.1) is 12.7 Å². The van der Waals surface area contributed by atoms with Crippen molar-refractivity contribution in [1.29, 1.82) is 0 Å². The largest absolute Gasteiger partial charge is 0.322 e. The third-order valence-electron chi connectivity index (χ3n) is 3.97. The lowest BCUT2D eigenvalue weighted by atomic mass is 10.0. The van der Waals surface area contributed by atoms with Crippen LogP contribution < -0.4 is 10.6 Å². The number of aromatic nitrogens is 2. The highest BCUT2D eigenvalue weighted by molar-refractivity contribution is 6.04. The number of carbonyl (C=O) groups excluding carboxylic acids is 1. The summed E-state index contributed by atoms with van der Waals surface area (Å²) in [5, 5.41) is 6.12.